The van der Waals surface area contributed by atoms with E-state index in [1.807, 2.05) is 33.8 Å². The second kappa shape index (κ2) is 18.0. The molecule has 1 N–H and O–H groups in total. The van der Waals surface area contributed by atoms with E-state index < -0.39 is 0 Å². The minimum atomic E-state index is -0.250. The van der Waals surface area contributed by atoms with Crippen LogP contribution in [-0.4, -0.2) is 5.54 Å². The first-order valence-corrected chi connectivity index (χ1v) is 3.33. The molecule has 0 amide bonds. The Bertz CT molecular complexity index is 95.1. The Morgan fingerprint density at radius 3 is 1.38 bits per heavy atom. The third kappa shape index (κ3) is 270. The molecular weight excluding hydrogens is 194 g/mol. The van der Waals surface area contributed by atoms with Crippen LogP contribution in [0.1, 0.15) is 27.7 Å². The topological polar surface area (TPSA) is 23.8 Å². The molecule has 0 aliphatic rings. The van der Waals surface area contributed by atoms with Gasteiger partial charge in [0.2, 0.25) is 0 Å². The summed E-state index contributed by atoms with van der Waals surface area (Å²) in [6, 6.07) is 0. The zero-order chi connectivity index (χ0) is 8.62. The fraction of sp³-hybridized carbons (Fsp3) is 0.455. The second-order valence-electron chi connectivity index (χ2n) is 2.97. The van der Waals surface area contributed by atoms with Crippen molar-refractivity contribution in [1.29, 1.82) is 0 Å². The van der Waals surface area contributed by atoms with E-state index in [2.05, 4.69) is 0 Å². The minimum Gasteiger partial charge on any atom is -0.673 e. The molecule has 0 spiro atoms. The standard InChI is InChI=1S/C5H7.C4H10N.2CH3.Ti/c1-3-5-4-2;1-4(2,3)5;;;/h1,3-5H,2H3;5H,1-3H3;2*1H3;/q4*-1;+4. The summed E-state index contributed by atoms with van der Waals surface area (Å²) in [7, 11) is 0. The molecule has 0 aromatic rings. The summed E-state index contributed by atoms with van der Waals surface area (Å²) >= 11 is 0. The zero-order valence-electron chi connectivity index (χ0n) is 9.81. The van der Waals surface area contributed by atoms with Gasteiger partial charge in [-0.15, -0.1) is 5.54 Å². The maximum Gasteiger partial charge on any atom is 4.00 e. The van der Waals surface area contributed by atoms with Gasteiger partial charge >= 0.3 is 21.7 Å². The van der Waals surface area contributed by atoms with Gasteiger partial charge < -0.3 is 20.6 Å². The number of hydrogen-bond acceptors (Lipinski definition) is 0. The van der Waals surface area contributed by atoms with Gasteiger partial charge in [-0.3, -0.25) is 6.58 Å². The Labute approximate surface area is 100 Å². The van der Waals surface area contributed by atoms with Crippen molar-refractivity contribution in [2.75, 3.05) is 0 Å². The van der Waals surface area contributed by atoms with E-state index in [1.54, 1.807) is 6.08 Å². The largest absolute Gasteiger partial charge is 4.00 e. The van der Waals surface area contributed by atoms with E-state index in [1.165, 1.54) is 6.08 Å². The number of rotatable bonds is 1. The van der Waals surface area contributed by atoms with Crippen molar-refractivity contribution in [3.8, 4) is 0 Å². The molecule has 2 heteroatoms. The summed E-state index contributed by atoms with van der Waals surface area (Å²) in [6.45, 7) is 12.4. The van der Waals surface area contributed by atoms with E-state index >= 15 is 0 Å². The molecule has 0 aromatic heterocycles. The van der Waals surface area contributed by atoms with Crippen molar-refractivity contribution in [2.45, 2.75) is 33.2 Å². The van der Waals surface area contributed by atoms with E-state index in [0.717, 1.165) is 0 Å². The summed E-state index contributed by atoms with van der Waals surface area (Å²) < 4.78 is 0. The van der Waals surface area contributed by atoms with Crippen LogP contribution in [0.25, 0.3) is 5.73 Å². The van der Waals surface area contributed by atoms with Crippen molar-refractivity contribution >= 4 is 0 Å². The van der Waals surface area contributed by atoms with Crippen LogP contribution < -0.4 is 0 Å². The Morgan fingerprint density at radius 1 is 1.15 bits per heavy atom. The predicted octanol–water partition coefficient (Wildman–Crippen LogP) is 4.29. The SMILES string of the molecule is CC(C)(C)[NH-].[CH-]=CC=CC.[CH3-].[CH3-].[Ti+4]. The van der Waals surface area contributed by atoms with Crippen LogP contribution in [0.5, 0.6) is 0 Å². The average Bonchev–Trinajstić information content (AvgIpc) is 1.63. The Morgan fingerprint density at radius 2 is 1.38 bits per heavy atom. The van der Waals surface area contributed by atoms with Gasteiger partial charge in [0.25, 0.3) is 0 Å². The Hall–Kier alpha value is 0.154. The number of nitrogens with one attached hydrogen (secondary N) is 1. The Kier molecular flexibility index (Phi) is 40.6. The van der Waals surface area contributed by atoms with Crippen molar-refractivity contribution < 1.29 is 21.7 Å². The molecule has 0 saturated carbocycles. The van der Waals surface area contributed by atoms with E-state index in [-0.39, 0.29) is 42.1 Å². The van der Waals surface area contributed by atoms with Crippen LogP contribution in [0.15, 0.2) is 18.2 Å². The van der Waals surface area contributed by atoms with Gasteiger partial charge in [-0.2, -0.15) is 6.08 Å². The molecule has 76 valence electrons. The van der Waals surface area contributed by atoms with Gasteiger partial charge in [-0.1, -0.05) is 27.7 Å². The molecule has 0 fully saturated rings. The zero-order valence-corrected chi connectivity index (χ0v) is 11.4. The smallest absolute Gasteiger partial charge is 0.673 e. The molecule has 0 aromatic carbocycles. The van der Waals surface area contributed by atoms with Crippen LogP contribution >= 0.6 is 0 Å². The summed E-state index contributed by atoms with van der Waals surface area (Å²) in [6.07, 6.45) is 5.15. The molecule has 0 rings (SSSR count). The van der Waals surface area contributed by atoms with Gasteiger partial charge in [-0.25, -0.2) is 12.2 Å². The van der Waals surface area contributed by atoms with Crippen molar-refractivity contribution in [2.24, 2.45) is 0 Å². The molecule has 1 nitrogen and oxygen atoms in total. The van der Waals surface area contributed by atoms with Crippen LogP contribution in [0.3, 0.4) is 0 Å². The van der Waals surface area contributed by atoms with Gasteiger partial charge in [0.15, 0.2) is 0 Å². The normalized spacial score (nSPS) is 8.08. The molecule has 0 aliphatic heterocycles. The maximum absolute atomic E-state index is 6.94. The minimum absolute atomic E-state index is 0. The maximum atomic E-state index is 6.94. The summed E-state index contributed by atoms with van der Waals surface area (Å²) in [5, 5.41) is 0. The first-order valence-electron chi connectivity index (χ1n) is 3.33. The number of allylic oxidation sites excluding steroid dienone is 3. The van der Waals surface area contributed by atoms with E-state index in [0.29, 0.717) is 0 Å². The van der Waals surface area contributed by atoms with E-state index in [4.69, 9.17) is 12.3 Å². The second-order valence-corrected chi connectivity index (χ2v) is 2.97. The fourth-order valence-electron chi connectivity index (χ4n) is 0.111. The molecule has 0 atom stereocenters. The van der Waals surface area contributed by atoms with Crippen molar-refractivity contribution in [3.63, 3.8) is 0 Å². The quantitative estimate of drug-likeness (QED) is 0.355. The summed E-state index contributed by atoms with van der Waals surface area (Å²) in [5.41, 5.74) is 6.69. The fourth-order valence-corrected chi connectivity index (χ4v) is 0.111. The van der Waals surface area contributed by atoms with Crippen LogP contribution in [0.4, 0.5) is 0 Å². The van der Waals surface area contributed by atoms with Crippen LogP contribution in [0.2, 0.25) is 0 Å². The molecule has 0 heterocycles. The molecule has 13 heavy (non-hydrogen) atoms. The Balaban J connectivity index is -0.0000000267. The predicted molar refractivity (Wildman–Crippen MR) is 60.6 cm³/mol. The monoisotopic (exact) mass is 217 g/mol. The van der Waals surface area contributed by atoms with E-state index in [9.17, 15) is 0 Å². The summed E-state index contributed by atoms with van der Waals surface area (Å²) in [5.74, 6) is 0. The van der Waals surface area contributed by atoms with Crippen LogP contribution in [0, 0.1) is 21.4 Å². The molecule has 0 radical (unpaired) electrons. The van der Waals surface area contributed by atoms with Gasteiger partial charge in [0, 0.05) is 0 Å². The molecule has 0 aliphatic carbocycles. The van der Waals surface area contributed by atoms with Crippen molar-refractivity contribution in [1.82, 2.24) is 0 Å². The van der Waals surface area contributed by atoms with Gasteiger partial charge in [0.05, 0.1) is 0 Å². The molecule has 0 saturated heterocycles. The first kappa shape index (κ1) is 29.2. The molecular formula is C11H23NTi. The van der Waals surface area contributed by atoms with Gasteiger partial charge in [0.1, 0.15) is 0 Å². The van der Waals surface area contributed by atoms with Crippen LogP contribution in [-0.2, 0) is 21.7 Å². The first-order chi connectivity index (χ1) is 4.41. The third-order valence-corrected chi connectivity index (χ3v) is 0.304. The summed E-state index contributed by atoms with van der Waals surface area (Å²) in [4.78, 5) is 0. The number of hydrogen-bond donors (Lipinski definition) is 0. The average molecular weight is 217 g/mol. The molecule has 0 unspecified atom stereocenters. The third-order valence-electron chi connectivity index (χ3n) is 0.304. The van der Waals surface area contributed by atoms with Gasteiger partial charge in [-0.05, 0) is 0 Å². The molecule has 0 bridgehead atoms. The van der Waals surface area contributed by atoms with Crippen molar-refractivity contribution in [3.05, 3.63) is 45.4 Å².